The molecule has 0 heterocycles. The molecule has 0 aliphatic rings. The molecule has 0 N–H and O–H groups in total. The van der Waals surface area contributed by atoms with Crippen molar-refractivity contribution in [1.29, 1.82) is 0 Å². The van der Waals surface area contributed by atoms with E-state index in [0.717, 1.165) is 20.6 Å². The fourth-order valence-corrected chi connectivity index (χ4v) is 1.81. The summed E-state index contributed by atoms with van der Waals surface area (Å²) in [6.45, 7) is 2.01. The molecule has 0 saturated carbocycles. The Balaban J connectivity index is 3.21. The van der Waals surface area contributed by atoms with Crippen molar-refractivity contribution in [2.45, 2.75) is 12.8 Å². The molecule has 0 spiro atoms. The van der Waals surface area contributed by atoms with E-state index >= 15 is 0 Å². The number of hydrogen-bond donors (Lipinski definition) is 0. The smallest absolute Gasteiger partial charge is 0.0488 e. The van der Waals surface area contributed by atoms with Gasteiger partial charge in [0, 0.05) is 15.4 Å². The predicted molar refractivity (Wildman–Crippen MR) is 53.4 cm³/mol. The van der Waals surface area contributed by atoms with E-state index in [9.17, 15) is 0 Å². The number of alkyl halides is 1. The van der Waals surface area contributed by atoms with Crippen LogP contribution in [-0.4, -0.2) is 0 Å². The molecule has 0 nitrogen and oxygen atoms in total. The van der Waals surface area contributed by atoms with Crippen molar-refractivity contribution in [1.82, 2.24) is 0 Å². The van der Waals surface area contributed by atoms with E-state index in [0.29, 0.717) is 5.88 Å². The molecule has 0 saturated heterocycles. The number of hydrogen-bond acceptors (Lipinski definition) is 0. The van der Waals surface area contributed by atoms with Gasteiger partial charge in [-0.15, -0.1) is 11.6 Å². The van der Waals surface area contributed by atoms with E-state index in [1.807, 2.05) is 19.1 Å². The second-order valence-electron chi connectivity index (χ2n) is 2.33. The minimum atomic E-state index is 0.465. The summed E-state index contributed by atoms with van der Waals surface area (Å²) in [7, 11) is 0. The highest BCUT2D eigenvalue weighted by Gasteiger charge is 2.01. The van der Waals surface area contributed by atoms with Gasteiger partial charge < -0.3 is 0 Å². The maximum absolute atomic E-state index is 5.89. The van der Waals surface area contributed by atoms with Crippen LogP contribution in [0, 0.1) is 6.92 Å². The van der Waals surface area contributed by atoms with Gasteiger partial charge in [0.25, 0.3) is 0 Å². The van der Waals surface area contributed by atoms with Crippen LogP contribution in [0.4, 0.5) is 0 Å². The Kier molecular flexibility index (Phi) is 3.23. The largest absolute Gasteiger partial charge is 0.121 e. The molecule has 0 fully saturated rings. The highest BCUT2D eigenvalue weighted by atomic mass is 79.9. The fourth-order valence-electron chi connectivity index (χ4n) is 0.819. The first-order chi connectivity index (χ1) is 5.15. The summed E-state index contributed by atoms with van der Waals surface area (Å²) in [6.07, 6.45) is 0. The van der Waals surface area contributed by atoms with E-state index in [4.69, 9.17) is 23.2 Å². The Morgan fingerprint density at radius 3 is 2.64 bits per heavy atom. The molecule has 3 heteroatoms. The summed E-state index contributed by atoms with van der Waals surface area (Å²) in [5, 5.41) is 0.720. The molecule has 1 rings (SSSR count). The predicted octanol–water partition coefficient (Wildman–Crippen LogP) is 4.15. The Morgan fingerprint density at radius 2 is 2.09 bits per heavy atom. The zero-order valence-corrected chi connectivity index (χ0v) is 9.09. The second-order valence-corrected chi connectivity index (χ2v) is 3.86. The van der Waals surface area contributed by atoms with Gasteiger partial charge in [-0.3, -0.25) is 0 Å². The molecule has 60 valence electrons. The third-order valence-corrected chi connectivity index (χ3v) is 2.97. The lowest BCUT2D eigenvalue weighted by Crippen LogP contribution is -1.83. The van der Waals surface area contributed by atoms with E-state index in [1.54, 1.807) is 0 Å². The minimum absolute atomic E-state index is 0.465. The van der Waals surface area contributed by atoms with Gasteiger partial charge in [0.15, 0.2) is 0 Å². The maximum Gasteiger partial charge on any atom is 0.0488 e. The van der Waals surface area contributed by atoms with Crippen LogP contribution in [0.1, 0.15) is 11.1 Å². The van der Waals surface area contributed by atoms with E-state index in [-0.39, 0.29) is 0 Å². The normalized spacial score (nSPS) is 10.2. The molecule has 0 atom stereocenters. The average Bonchev–Trinajstić information content (AvgIpc) is 1.97. The Labute approximate surface area is 84.6 Å². The highest BCUT2D eigenvalue weighted by molar-refractivity contribution is 9.10. The van der Waals surface area contributed by atoms with Crippen molar-refractivity contribution >= 4 is 39.1 Å². The van der Waals surface area contributed by atoms with Crippen LogP contribution in [0.5, 0.6) is 0 Å². The summed E-state index contributed by atoms with van der Waals surface area (Å²) < 4.78 is 1.02. The van der Waals surface area contributed by atoms with Crippen LogP contribution in [0.15, 0.2) is 16.6 Å². The molecule has 11 heavy (non-hydrogen) atoms. The maximum atomic E-state index is 5.89. The summed E-state index contributed by atoms with van der Waals surface area (Å²) in [5.74, 6) is 0.465. The Hall–Kier alpha value is 0.280. The molecule has 1 aromatic rings. The molecular weight excluding hydrogens is 247 g/mol. The summed E-state index contributed by atoms with van der Waals surface area (Å²) in [6, 6.07) is 3.86. The Morgan fingerprint density at radius 1 is 1.45 bits per heavy atom. The van der Waals surface area contributed by atoms with Gasteiger partial charge in [-0.1, -0.05) is 33.6 Å². The van der Waals surface area contributed by atoms with Crippen LogP contribution in [0.3, 0.4) is 0 Å². The standard InChI is InChI=1S/C8H7BrCl2/c1-5-2-6(4-10)8(11)3-7(5)9/h2-3H,4H2,1H3. The third kappa shape index (κ3) is 2.11. The molecule has 0 aliphatic carbocycles. The van der Waals surface area contributed by atoms with Gasteiger partial charge in [-0.05, 0) is 24.1 Å². The number of halogens is 3. The molecule has 0 bridgehead atoms. The molecule has 0 aromatic heterocycles. The monoisotopic (exact) mass is 252 g/mol. The van der Waals surface area contributed by atoms with E-state index in [1.165, 1.54) is 0 Å². The van der Waals surface area contributed by atoms with Gasteiger partial charge in [0.1, 0.15) is 0 Å². The van der Waals surface area contributed by atoms with Crippen LogP contribution in [0.25, 0.3) is 0 Å². The van der Waals surface area contributed by atoms with Gasteiger partial charge in [-0.25, -0.2) is 0 Å². The topological polar surface area (TPSA) is 0 Å². The zero-order chi connectivity index (χ0) is 8.43. The quantitative estimate of drug-likeness (QED) is 0.660. The van der Waals surface area contributed by atoms with Gasteiger partial charge in [0.05, 0.1) is 0 Å². The highest BCUT2D eigenvalue weighted by Crippen LogP contribution is 2.25. The second kappa shape index (κ2) is 3.79. The summed E-state index contributed by atoms with van der Waals surface area (Å²) in [5.41, 5.74) is 2.14. The summed E-state index contributed by atoms with van der Waals surface area (Å²) in [4.78, 5) is 0. The first kappa shape index (κ1) is 9.37. The van der Waals surface area contributed by atoms with Gasteiger partial charge in [0.2, 0.25) is 0 Å². The molecule has 0 amide bonds. The first-order valence-corrected chi connectivity index (χ1v) is 4.86. The number of rotatable bonds is 1. The van der Waals surface area contributed by atoms with Crippen LogP contribution >= 0.6 is 39.1 Å². The molecular formula is C8H7BrCl2. The lowest BCUT2D eigenvalue weighted by Gasteiger charge is -2.03. The SMILES string of the molecule is Cc1cc(CCl)c(Cl)cc1Br. The van der Waals surface area contributed by atoms with Crippen molar-refractivity contribution in [3.05, 3.63) is 32.8 Å². The van der Waals surface area contributed by atoms with Gasteiger partial charge in [-0.2, -0.15) is 0 Å². The molecule has 0 aliphatic heterocycles. The van der Waals surface area contributed by atoms with E-state index in [2.05, 4.69) is 15.9 Å². The van der Waals surface area contributed by atoms with Crippen molar-refractivity contribution in [3.8, 4) is 0 Å². The lowest BCUT2D eigenvalue weighted by atomic mass is 10.2. The molecule has 1 aromatic carbocycles. The van der Waals surface area contributed by atoms with Crippen LogP contribution < -0.4 is 0 Å². The zero-order valence-electron chi connectivity index (χ0n) is 6.00. The van der Waals surface area contributed by atoms with Crippen LogP contribution in [-0.2, 0) is 5.88 Å². The van der Waals surface area contributed by atoms with Crippen molar-refractivity contribution in [3.63, 3.8) is 0 Å². The van der Waals surface area contributed by atoms with Crippen molar-refractivity contribution in [2.75, 3.05) is 0 Å². The van der Waals surface area contributed by atoms with Crippen LogP contribution in [0.2, 0.25) is 5.02 Å². The first-order valence-electron chi connectivity index (χ1n) is 3.15. The van der Waals surface area contributed by atoms with Gasteiger partial charge >= 0.3 is 0 Å². The fraction of sp³-hybridized carbons (Fsp3) is 0.250. The van der Waals surface area contributed by atoms with Crippen molar-refractivity contribution in [2.24, 2.45) is 0 Å². The average molecular weight is 254 g/mol. The van der Waals surface area contributed by atoms with E-state index < -0.39 is 0 Å². The Bertz CT molecular complexity index is 271. The number of benzene rings is 1. The number of aryl methyl sites for hydroxylation is 1. The summed E-state index contributed by atoms with van der Waals surface area (Å²) >= 11 is 14.9. The third-order valence-electron chi connectivity index (χ3n) is 1.47. The minimum Gasteiger partial charge on any atom is -0.121 e. The molecule has 0 unspecified atom stereocenters. The lowest BCUT2D eigenvalue weighted by molar-refractivity contribution is 1.33. The van der Waals surface area contributed by atoms with Crippen molar-refractivity contribution < 1.29 is 0 Å². The molecule has 0 radical (unpaired) electrons.